The maximum atomic E-state index is 11.8. The number of amides is 1. The van der Waals surface area contributed by atoms with Gasteiger partial charge in [0.25, 0.3) is 0 Å². The number of carbonyl (C=O) groups excluding carboxylic acids is 2. The van der Waals surface area contributed by atoms with Gasteiger partial charge in [-0.15, -0.1) is 0 Å². The Labute approximate surface area is 127 Å². The molecule has 0 radical (unpaired) electrons. The molecule has 0 saturated carbocycles. The van der Waals surface area contributed by atoms with Crippen molar-refractivity contribution in [1.82, 2.24) is 5.32 Å². The van der Waals surface area contributed by atoms with Gasteiger partial charge in [-0.3, -0.25) is 9.59 Å². The Bertz CT molecular complexity index is 441. The van der Waals surface area contributed by atoms with E-state index in [1.165, 1.54) is 0 Å². The molecule has 1 aromatic rings. The van der Waals surface area contributed by atoms with Crippen LogP contribution in [-0.2, 0) is 22.6 Å². The first-order valence-electron chi connectivity index (χ1n) is 7.72. The number of unbranched alkanes of at least 4 members (excludes halogenated alkanes) is 3. The number of carbonyl (C=O) groups is 2. The SMILES string of the molecule is CCCCCCC(=O)NCC(=O)Cc1ccc(CN)cc1. The fourth-order valence-electron chi connectivity index (χ4n) is 2.08. The minimum absolute atomic E-state index is 0.0254. The standard InChI is InChI=1S/C17H26N2O2/c1-2-3-4-5-6-17(21)19-13-16(20)11-14-7-9-15(12-18)10-8-14/h7-10H,2-6,11-13,18H2,1H3,(H,19,21). The van der Waals surface area contributed by atoms with E-state index in [-0.39, 0.29) is 18.2 Å². The zero-order valence-electron chi connectivity index (χ0n) is 12.9. The lowest BCUT2D eigenvalue weighted by molar-refractivity contribution is -0.125. The van der Waals surface area contributed by atoms with E-state index in [1.54, 1.807) is 0 Å². The lowest BCUT2D eigenvalue weighted by atomic mass is 10.1. The normalized spacial score (nSPS) is 10.4. The van der Waals surface area contributed by atoms with Gasteiger partial charge in [-0.05, 0) is 17.5 Å². The highest BCUT2D eigenvalue weighted by molar-refractivity contribution is 5.87. The van der Waals surface area contributed by atoms with Gasteiger partial charge in [0.2, 0.25) is 5.91 Å². The molecule has 21 heavy (non-hydrogen) atoms. The van der Waals surface area contributed by atoms with E-state index in [0.717, 1.165) is 36.8 Å². The number of hydrogen-bond donors (Lipinski definition) is 2. The molecule has 0 heterocycles. The molecule has 0 saturated heterocycles. The molecular weight excluding hydrogens is 264 g/mol. The van der Waals surface area contributed by atoms with E-state index in [9.17, 15) is 9.59 Å². The third-order valence-electron chi connectivity index (χ3n) is 3.40. The van der Waals surface area contributed by atoms with Gasteiger partial charge in [0.15, 0.2) is 5.78 Å². The quantitative estimate of drug-likeness (QED) is 0.650. The van der Waals surface area contributed by atoms with Crippen LogP contribution in [0.25, 0.3) is 0 Å². The fraction of sp³-hybridized carbons (Fsp3) is 0.529. The summed E-state index contributed by atoms with van der Waals surface area (Å²) >= 11 is 0. The van der Waals surface area contributed by atoms with Gasteiger partial charge in [-0.2, -0.15) is 0 Å². The topological polar surface area (TPSA) is 72.2 Å². The third kappa shape index (κ3) is 7.61. The predicted molar refractivity (Wildman–Crippen MR) is 84.8 cm³/mol. The van der Waals surface area contributed by atoms with E-state index in [1.807, 2.05) is 24.3 Å². The van der Waals surface area contributed by atoms with Gasteiger partial charge in [0.05, 0.1) is 6.54 Å². The number of Topliss-reactive ketones (excluding diaryl/α,β-unsaturated/α-hetero) is 1. The molecular formula is C17H26N2O2. The van der Waals surface area contributed by atoms with Gasteiger partial charge in [0.1, 0.15) is 0 Å². The summed E-state index contributed by atoms with van der Waals surface area (Å²) in [7, 11) is 0. The number of rotatable bonds is 10. The molecule has 0 atom stereocenters. The monoisotopic (exact) mass is 290 g/mol. The van der Waals surface area contributed by atoms with E-state index < -0.39 is 0 Å². The summed E-state index contributed by atoms with van der Waals surface area (Å²) in [5, 5.41) is 2.69. The molecule has 4 nitrogen and oxygen atoms in total. The molecule has 0 spiro atoms. The fourth-order valence-corrected chi connectivity index (χ4v) is 2.08. The third-order valence-corrected chi connectivity index (χ3v) is 3.40. The van der Waals surface area contributed by atoms with Gasteiger partial charge in [-0.1, -0.05) is 50.5 Å². The van der Waals surface area contributed by atoms with E-state index in [2.05, 4.69) is 12.2 Å². The largest absolute Gasteiger partial charge is 0.349 e. The Morgan fingerprint density at radius 1 is 1.05 bits per heavy atom. The Morgan fingerprint density at radius 3 is 2.33 bits per heavy atom. The summed E-state index contributed by atoms with van der Waals surface area (Å²) in [4.78, 5) is 23.4. The van der Waals surface area contributed by atoms with Crippen molar-refractivity contribution in [2.45, 2.75) is 52.0 Å². The van der Waals surface area contributed by atoms with Crippen molar-refractivity contribution >= 4 is 11.7 Å². The minimum atomic E-state index is -0.0297. The molecule has 1 amide bonds. The van der Waals surface area contributed by atoms with E-state index in [4.69, 9.17) is 5.73 Å². The molecule has 0 aromatic heterocycles. The van der Waals surface area contributed by atoms with E-state index in [0.29, 0.717) is 19.4 Å². The Hall–Kier alpha value is -1.68. The molecule has 0 aliphatic heterocycles. The van der Waals surface area contributed by atoms with Crippen LogP contribution >= 0.6 is 0 Å². The Kier molecular flexibility index (Phi) is 8.36. The smallest absolute Gasteiger partial charge is 0.220 e. The van der Waals surface area contributed by atoms with Crippen molar-refractivity contribution in [2.24, 2.45) is 5.73 Å². The second-order valence-electron chi connectivity index (χ2n) is 5.32. The highest BCUT2D eigenvalue weighted by Gasteiger charge is 2.06. The van der Waals surface area contributed by atoms with Crippen LogP contribution in [0.2, 0.25) is 0 Å². The second kappa shape index (κ2) is 10.1. The maximum absolute atomic E-state index is 11.8. The zero-order valence-corrected chi connectivity index (χ0v) is 12.9. The summed E-state index contributed by atoms with van der Waals surface area (Å²) in [5.74, 6) is -0.00432. The molecule has 1 rings (SSSR count). The molecule has 0 unspecified atom stereocenters. The first-order chi connectivity index (χ1) is 10.2. The highest BCUT2D eigenvalue weighted by atomic mass is 16.2. The number of hydrogen-bond acceptors (Lipinski definition) is 3. The van der Waals surface area contributed by atoms with Crippen LogP contribution in [0.4, 0.5) is 0 Å². The first kappa shape index (κ1) is 17.4. The van der Waals surface area contributed by atoms with Crippen LogP contribution < -0.4 is 11.1 Å². The van der Waals surface area contributed by atoms with Gasteiger partial charge >= 0.3 is 0 Å². The molecule has 0 bridgehead atoms. The summed E-state index contributed by atoms with van der Waals surface area (Å²) in [6, 6.07) is 7.67. The van der Waals surface area contributed by atoms with Crippen LogP contribution in [0.15, 0.2) is 24.3 Å². The van der Waals surface area contributed by atoms with Crippen LogP contribution in [0, 0.1) is 0 Å². The van der Waals surface area contributed by atoms with Crippen molar-refractivity contribution in [1.29, 1.82) is 0 Å². The van der Waals surface area contributed by atoms with E-state index >= 15 is 0 Å². The molecule has 116 valence electrons. The molecule has 0 aliphatic carbocycles. The summed E-state index contributed by atoms with van der Waals surface area (Å²) in [5.41, 5.74) is 7.53. The van der Waals surface area contributed by atoms with Gasteiger partial charge < -0.3 is 11.1 Å². The van der Waals surface area contributed by atoms with Crippen molar-refractivity contribution in [3.05, 3.63) is 35.4 Å². The van der Waals surface area contributed by atoms with Gasteiger partial charge in [-0.25, -0.2) is 0 Å². The molecule has 1 aromatic carbocycles. The number of nitrogens with one attached hydrogen (secondary N) is 1. The summed E-state index contributed by atoms with van der Waals surface area (Å²) in [6.07, 6.45) is 5.15. The minimum Gasteiger partial charge on any atom is -0.349 e. The summed E-state index contributed by atoms with van der Waals surface area (Å²) in [6.45, 7) is 2.76. The summed E-state index contributed by atoms with van der Waals surface area (Å²) < 4.78 is 0. The number of benzene rings is 1. The lowest BCUT2D eigenvalue weighted by Crippen LogP contribution is -2.30. The molecule has 0 aliphatic rings. The average molecular weight is 290 g/mol. The van der Waals surface area contributed by atoms with Crippen molar-refractivity contribution in [3.8, 4) is 0 Å². The van der Waals surface area contributed by atoms with Crippen molar-refractivity contribution < 1.29 is 9.59 Å². The molecule has 4 heteroatoms. The average Bonchev–Trinajstić information content (AvgIpc) is 2.50. The molecule has 3 N–H and O–H groups in total. The van der Waals surface area contributed by atoms with Crippen molar-refractivity contribution in [2.75, 3.05) is 6.54 Å². The Morgan fingerprint density at radius 2 is 1.71 bits per heavy atom. The van der Waals surface area contributed by atoms with Crippen LogP contribution in [0.3, 0.4) is 0 Å². The second-order valence-corrected chi connectivity index (χ2v) is 5.32. The molecule has 0 fully saturated rings. The predicted octanol–water partition coefficient (Wildman–Crippen LogP) is 2.34. The zero-order chi connectivity index (χ0) is 15.5. The first-order valence-corrected chi connectivity index (χ1v) is 7.72. The van der Waals surface area contributed by atoms with Gasteiger partial charge in [0, 0.05) is 19.4 Å². The van der Waals surface area contributed by atoms with Crippen LogP contribution in [-0.4, -0.2) is 18.2 Å². The maximum Gasteiger partial charge on any atom is 0.220 e. The Balaban J connectivity index is 2.22. The van der Waals surface area contributed by atoms with Crippen LogP contribution in [0.5, 0.6) is 0 Å². The number of nitrogens with two attached hydrogens (primary N) is 1. The van der Waals surface area contributed by atoms with Crippen LogP contribution in [0.1, 0.15) is 50.2 Å². The highest BCUT2D eigenvalue weighted by Crippen LogP contribution is 2.05. The lowest BCUT2D eigenvalue weighted by Gasteiger charge is -2.05. The number of ketones is 1. The van der Waals surface area contributed by atoms with Crippen molar-refractivity contribution in [3.63, 3.8) is 0 Å².